The largest absolute Gasteiger partial charge is 0.481 e. The molecule has 536 valence electrons. The van der Waals surface area contributed by atoms with Crippen LogP contribution in [-0.2, 0) is 9.59 Å². The van der Waals surface area contributed by atoms with Crippen LogP contribution in [-0.4, -0.2) is 158 Å². The number of carboxylic acid groups (broad SMARTS) is 1. The van der Waals surface area contributed by atoms with Crippen molar-refractivity contribution in [1.82, 2.24) is 38.9 Å². The van der Waals surface area contributed by atoms with Crippen molar-refractivity contribution in [2.75, 3.05) is 28.2 Å². The van der Waals surface area contributed by atoms with Crippen molar-refractivity contribution in [1.29, 1.82) is 0 Å². The maximum atomic E-state index is 12.0. The summed E-state index contributed by atoms with van der Waals surface area (Å²) in [5, 5.41) is 73.1. The van der Waals surface area contributed by atoms with E-state index in [1.54, 1.807) is 53.0 Å². The molecule has 0 aromatic carbocycles. The smallest absolute Gasteiger partial charge is 0.338 e. The van der Waals surface area contributed by atoms with Gasteiger partial charge in [0, 0.05) is 88.3 Å². The van der Waals surface area contributed by atoms with Crippen LogP contribution in [0.15, 0.2) is 128 Å². The Balaban J connectivity index is 0.000000235. The van der Waals surface area contributed by atoms with E-state index in [1.807, 2.05) is 52.5 Å². The van der Waals surface area contributed by atoms with Crippen LogP contribution in [0.2, 0.25) is 0 Å². The topological polar surface area (TPSA) is 279 Å². The number of rotatable bonds is 33. The summed E-state index contributed by atoms with van der Waals surface area (Å²) in [5.41, 5.74) is 4.40. The third kappa shape index (κ3) is 28.1. The molecule has 0 saturated heterocycles. The number of aromatic nitrogens is 6. The molecule has 96 heavy (non-hydrogen) atoms. The maximum absolute atomic E-state index is 12.0. The molecule has 19 nitrogen and oxygen atoms in total. The predicted molar refractivity (Wildman–Crippen MR) is 379 cm³/mol. The van der Waals surface area contributed by atoms with Crippen molar-refractivity contribution >= 4 is 23.8 Å². The fourth-order valence-electron chi connectivity index (χ4n) is 14.8. The number of carbonyl (C=O) groups is 4. The summed E-state index contributed by atoms with van der Waals surface area (Å²) in [6.45, 7) is 6.49. The van der Waals surface area contributed by atoms with Gasteiger partial charge in [0.2, 0.25) is 11.8 Å². The second-order valence-corrected chi connectivity index (χ2v) is 27.9. The van der Waals surface area contributed by atoms with Gasteiger partial charge in [0.15, 0.2) is 0 Å². The number of carbonyl (C=O) groups excluding carboxylic acids is 3. The van der Waals surface area contributed by atoms with Gasteiger partial charge in [-0.1, -0.05) is 150 Å². The minimum absolute atomic E-state index is 0.102. The summed E-state index contributed by atoms with van der Waals surface area (Å²) in [5.74, 6) is 2.82. The summed E-state index contributed by atoms with van der Waals surface area (Å²) >= 11 is 0. The van der Waals surface area contributed by atoms with Crippen LogP contribution in [0.5, 0.6) is 0 Å². The zero-order valence-corrected chi connectivity index (χ0v) is 59.2. The number of unbranched alkanes of at least 4 members (excludes halogenated alkanes) is 9. The third-order valence-corrected chi connectivity index (χ3v) is 20.0. The molecule has 1 amide bonds. The van der Waals surface area contributed by atoms with Gasteiger partial charge in [-0.05, 0) is 165 Å². The van der Waals surface area contributed by atoms with Crippen LogP contribution in [0.3, 0.4) is 0 Å². The number of amides is 1. The average molecular weight is 1340 g/mol. The average Bonchev–Trinajstić information content (AvgIpc) is 1.68. The third-order valence-electron chi connectivity index (χ3n) is 20.0. The van der Waals surface area contributed by atoms with Gasteiger partial charge in [0.1, 0.15) is 19.0 Å². The molecule has 6 unspecified atom stereocenters. The molecule has 3 heterocycles. The molecule has 3 aromatic heterocycles. The molecule has 15 atom stereocenters. The Labute approximate surface area is 574 Å². The van der Waals surface area contributed by atoms with Gasteiger partial charge in [0.05, 0.1) is 36.6 Å². The zero-order valence-electron chi connectivity index (χ0n) is 59.2. The minimum Gasteiger partial charge on any atom is -0.481 e. The molecule has 0 bridgehead atoms. The zero-order chi connectivity index (χ0) is 69.8. The first-order chi connectivity index (χ1) is 46.3. The Hall–Kier alpha value is -5.93. The summed E-state index contributed by atoms with van der Waals surface area (Å²) in [4.78, 5) is 58.7. The van der Waals surface area contributed by atoms with Crippen molar-refractivity contribution in [3.8, 4) is 0 Å². The molecule has 0 radical (unpaired) electrons. The van der Waals surface area contributed by atoms with E-state index >= 15 is 0 Å². The first-order valence-corrected chi connectivity index (χ1v) is 36.5. The van der Waals surface area contributed by atoms with Crippen molar-refractivity contribution in [3.63, 3.8) is 0 Å². The predicted octanol–water partition coefficient (Wildman–Crippen LogP) is 13.1. The molecule has 8 N–H and O–H groups in total. The second kappa shape index (κ2) is 44.9. The Bertz CT molecular complexity index is 2810. The minimum atomic E-state index is -0.719. The SMILES string of the molecule is CCCCC[C@H](O)/C=C/C1[C@H]2CC(CCCCC(=O)N(C)C)=CC2C[C@H]1O.CCCCC[C@H](O)/C=C/C1[C@H]2CC(CCCCC(=O)O)=CC2C[C@H]1O.CCCCC[C@H](O)/C=C/C1[C@H]2CC(CCCCC(=O)n3ccnc3)=CC2C[C@H]1O.CNC.O=C(n1ccnc1)n1ccnc1. The number of imidazole rings is 3. The number of aliphatic hydroxyl groups excluding tert-OH is 6. The van der Waals surface area contributed by atoms with E-state index in [0.717, 1.165) is 167 Å². The van der Waals surface area contributed by atoms with Gasteiger partial charge < -0.3 is 46.0 Å². The standard InChI is InChI=1S/C24H36N2O3.C23H39NO3.C21H34O4.C7H6N4O.C2H7N/c1-2-3-4-8-20(27)10-11-21-22-15-18(14-19(22)16-23(21)28)7-5-6-9-24(29)26-13-12-25-17-26;1-4-5-6-10-19(25)12-13-20-21-15-17(14-18(21)16-22(20)26)9-7-8-11-23(27)24(2)3;1-2-3-4-8-17(22)10-11-18-19-13-15(7-5-6-9-21(24)25)12-16(19)14-20(18)23;12-7(10-3-1-8-5-10)11-4-2-9-6-11;1-3-2/h10-14,17,19-23,27-28H,2-9,15-16H2,1H3;12-14,18-22,25-26H,4-11,15-16H2,1-3H3;10-12,16-20,22-23H,2-9,13-14H2,1H3,(H,24,25);1-6H;3H,1-2H3/b11-10+;13-12+;11-10+;;/t19?,20-,21?,22-,23+;18?,19-,20?,21-,22+;16?,17-,18?,19-,20+;;/m000../s1. The number of aliphatic hydroxyl groups is 6. The highest BCUT2D eigenvalue weighted by atomic mass is 16.4. The molecule has 3 saturated carbocycles. The lowest BCUT2D eigenvalue weighted by molar-refractivity contribution is -0.137. The molecule has 19 heteroatoms. The normalized spacial score (nSPS) is 25.4. The van der Waals surface area contributed by atoms with Crippen molar-refractivity contribution in [3.05, 3.63) is 128 Å². The number of aliphatic carboxylic acids is 1. The van der Waals surface area contributed by atoms with Crippen LogP contribution in [0, 0.1) is 53.3 Å². The van der Waals surface area contributed by atoms with E-state index in [4.69, 9.17) is 5.11 Å². The van der Waals surface area contributed by atoms with Crippen LogP contribution in [0.4, 0.5) is 4.79 Å². The molecule has 6 aliphatic carbocycles. The Morgan fingerprint density at radius 2 is 0.844 bits per heavy atom. The number of carboxylic acids is 1. The fraction of sp³-hybridized carbons (Fsp3) is 0.675. The second-order valence-electron chi connectivity index (χ2n) is 27.9. The van der Waals surface area contributed by atoms with Crippen molar-refractivity contribution in [2.24, 2.45) is 53.3 Å². The first kappa shape index (κ1) is 80.7. The lowest BCUT2D eigenvalue weighted by Gasteiger charge is -2.19. The number of allylic oxidation sites excluding steroid dienone is 6. The van der Waals surface area contributed by atoms with Crippen molar-refractivity contribution in [2.45, 2.75) is 250 Å². The Morgan fingerprint density at radius 1 is 0.510 bits per heavy atom. The Kier molecular flexibility index (Phi) is 37.8. The quantitative estimate of drug-likeness (QED) is 0.0208. The van der Waals surface area contributed by atoms with Gasteiger partial charge >= 0.3 is 12.0 Å². The van der Waals surface area contributed by atoms with Gasteiger partial charge in [-0.3, -0.25) is 28.1 Å². The lowest BCUT2D eigenvalue weighted by Crippen LogP contribution is -2.21. The molecule has 9 rings (SSSR count). The summed E-state index contributed by atoms with van der Waals surface area (Å²) in [6.07, 6.45) is 59.2. The summed E-state index contributed by atoms with van der Waals surface area (Å²) in [7, 11) is 7.37. The van der Waals surface area contributed by atoms with Crippen LogP contribution < -0.4 is 5.32 Å². The van der Waals surface area contributed by atoms with E-state index in [2.05, 4.69) is 71.4 Å². The molecule has 3 aromatic rings. The molecule has 3 fully saturated rings. The van der Waals surface area contributed by atoms with Crippen LogP contribution in [0.1, 0.15) is 218 Å². The number of fused-ring (bicyclic) bond motifs is 3. The van der Waals surface area contributed by atoms with E-state index in [9.17, 15) is 49.8 Å². The Morgan fingerprint density at radius 3 is 1.16 bits per heavy atom. The van der Waals surface area contributed by atoms with Gasteiger partial charge in [-0.25, -0.2) is 19.7 Å². The fourth-order valence-corrected chi connectivity index (χ4v) is 14.8. The number of hydrogen-bond acceptors (Lipinski definition) is 14. The van der Waals surface area contributed by atoms with Crippen LogP contribution in [0.25, 0.3) is 0 Å². The molecule has 0 aliphatic heterocycles. The number of nitrogens with one attached hydrogen (secondary N) is 1. The molecule has 0 spiro atoms. The molecular weight excluding hydrogens is 1210 g/mol. The summed E-state index contributed by atoms with van der Waals surface area (Å²) in [6, 6.07) is -0.190. The summed E-state index contributed by atoms with van der Waals surface area (Å²) < 4.78 is 4.30. The van der Waals surface area contributed by atoms with E-state index < -0.39 is 18.2 Å². The van der Waals surface area contributed by atoms with Gasteiger partial charge in [0.25, 0.3) is 0 Å². The highest BCUT2D eigenvalue weighted by molar-refractivity contribution is 5.79. The monoisotopic (exact) mass is 1330 g/mol. The first-order valence-electron chi connectivity index (χ1n) is 36.5. The maximum Gasteiger partial charge on any atom is 0.338 e. The molecular formula is C77H122N8O11. The lowest BCUT2D eigenvalue weighted by atomic mass is 9.88. The van der Waals surface area contributed by atoms with E-state index in [0.29, 0.717) is 48.3 Å². The van der Waals surface area contributed by atoms with Gasteiger partial charge in [-0.15, -0.1) is 0 Å². The van der Waals surface area contributed by atoms with Crippen LogP contribution >= 0.6 is 0 Å². The number of hydrogen-bond donors (Lipinski definition) is 8. The highest BCUT2D eigenvalue weighted by Gasteiger charge is 2.45. The van der Waals surface area contributed by atoms with E-state index in [1.165, 1.54) is 44.9 Å². The van der Waals surface area contributed by atoms with E-state index in [-0.39, 0.29) is 66.4 Å². The van der Waals surface area contributed by atoms with Crippen molar-refractivity contribution < 1.29 is 54.9 Å². The molecule has 6 aliphatic rings. The van der Waals surface area contributed by atoms with Gasteiger partial charge in [-0.2, -0.15) is 0 Å². The number of nitrogens with zero attached hydrogens (tertiary/aromatic N) is 7. The highest BCUT2D eigenvalue weighted by Crippen LogP contribution is 2.51.